The van der Waals surface area contributed by atoms with Crippen molar-refractivity contribution in [2.24, 2.45) is 0 Å². The molecule has 6 nitrogen and oxygen atoms in total. The highest BCUT2D eigenvalue weighted by Gasteiger charge is 2.45. The number of carbonyl (C=O) groups excluding carboxylic acids is 1. The van der Waals surface area contributed by atoms with Crippen LogP contribution in [0.5, 0.6) is 0 Å². The van der Waals surface area contributed by atoms with E-state index in [0.717, 1.165) is 44.5 Å². The van der Waals surface area contributed by atoms with Gasteiger partial charge in [-0.15, -0.1) is 0 Å². The number of aliphatic hydroxyl groups excluding tert-OH is 1. The van der Waals surface area contributed by atoms with Crippen LogP contribution >= 0.6 is 0 Å². The SMILES string of the molecule is CC(=O)N[C@@H]1CCCC[C@]12CN(Cc1ccc(CO)o1)CCO2. The smallest absolute Gasteiger partial charge is 0.217 e. The molecule has 1 amide bonds. The Hall–Kier alpha value is -1.37. The minimum atomic E-state index is -0.283. The van der Waals surface area contributed by atoms with E-state index in [9.17, 15) is 4.79 Å². The zero-order chi connectivity index (χ0) is 16.3. The van der Waals surface area contributed by atoms with Crippen molar-refractivity contribution < 1.29 is 19.1 Å². The summed E-state index contributed by atoms with van der Waals surface area (Å²) in [6.45, 7) is 4.53. The first kappa shape index (κ1) is 16.5. The lowest BCUT2D eigenvalue weighted by Gasteiger charge is -2.49. The molecule has 2 aliphatic rings. The van der Waals surface area contributed by atoms with Crippen molar-refractivity contribution in [1.29, 1.82) is 0 Å². The summed E-state index contributed by atoms with van der Waals surface area (Å²) in [6, 6.07) is 3.81. The van der Waals surface area contributed by atoms with Gasteiger partial charge >= 0.3 is 0 Å². The minimum Gasteiger partial charge on any atom is -0.462 e. The number of nitrogens with zero attached hydrogens (tertiary/aromatic N) is 1. The Bertz CT molecular complexity index is 540. The Morgan fingerprint density at radius 3 is 3.00 bits per heavy atom. The van der Waals surface area contributed by atoms with E-state index in [1.54, 1.807) is 6.92 Å². The van der Waals surface area contributed by atoms with Crippen molar-refractivity contribution in [3.05, 3.63) is 23.7 Å². The molecule has 1 spiro atoms. The number of hydrogen-bond donors (Lipinski definition) is 2. The van der Waals surface area contributed by atoms with Crippen molar-refractivity contribution in [2.45, 2.75) is 57.4 Å². The summed E-state index contributed by atoms with van der Waals surface area (Å²) in [5, 5.41) is 12.2. The highest BCUT2D eigenvalue weighted by molar-refractivity contribution is 5.73. The fraction of sp³-hybridized carbons (Fsp3) is 0.706. The molecule has 0 aromatic carbocycles. The number of amides is 1. The number of aliphatic hydroxyl groups is 1. The summed E-state index contributed by atoms with van der Waals surface area (Å²) >= 11 is 0. The van der Waals surface area contributed by atoms with Crippen molar-refractivity contribution in [3.8, 4) is 0 Å². The molecule has 2 heterocycles. The van der Waals surface area contributed by atoms with Crippen LogP contribution in [0.15, 0.2) is 16.5 Å². The molecule has 128 valence electrons. The molecular formula is C17H26N2O4. The molecule has 2 N–H and O–H groups in total. The number of ether oxygens (including phenoxy) is 1. The summed E-state index contributed by atoms with van der Waals surface area (Å²) in [7, 11) is 0. The average molecular weight is 322 g/mol. The third-order valence-electron chi connectivity index (χ3n) is 4.90. The molecule has 1 aromatic heterocycles. The molecule has 1 aliphatic carbocycles. The van der Waals surface area contributed by atoms with E-state index in [4.69, 9.17) is 14.3 Å². The van der Waals surface area contributed by atoms with Gasteiger partial charge in [-0.2, -0.15) is 0 Å². The standard InChI is InChI=1S/C17H26N2O4/c1-13(21)18-16-4-2-3-7-17(16)12-19(8-9-22-17)10-14-5-6-15(11-20)23-14/h5-6,16,20H,2-4,7-12H2,1H3,(H,18,21)/t16-,17+/m1/s1. The zero-order valence-electron chi connectivity index (χ0n) is 13.7. The van der Waals surface area contributed by atoms with Gasteiger partial charge in [0.25, 0.3) is 0 Å². The second kappa shape index (κ2) is 7.03. The normalized spacial score (nSPS) is 28.9. The lowest BCUT2D eigenvalue weighted by atomic mass is 9.78. The maximum atomic E-state index is 11.5. The summed E-state index contributed by atoms with van der Waals surface area (Å²) in [5.41, 5.74) is -0.283. The molecule has 0 bridgehead atoms. The molecular weight excluding hydrogens is 296 g/mol. The Labute approximate surface area is 136 Å². The number of hydrogen-bond acceptors (Lipinski definition) is 5. The molecule has 3 rings (SSSR count). The van der Waals surface area contributed by atoms with Gasteiger partial charge in [0.05, 0.1) is 19.2 Å². The van der Waals surface area contributed by atoms with Gasteiger partial charge < -0.3 is 19.6 Å². The van der Waals surface area contributed by atoms with Crippen LogP contribution in [0.2, 0.25) is 0 Å². The van der Waals surface area contributed by atoms with Gasteiger partial charge in [-0.1, -0.05) is 12.8 Å². The van der Waals surface area contributed by atoms with Crippen LogP contribution in [-0.4, -0.2) is 47.3 Å². The maximum absolute atomic E-state index is 11.5. The van der Waals surface area contributed by atoms with Gasteiger partial charge in [0.2, 0.25) is 5.91 Å². The molecule has 2 atom stereocenters. The van der Waals surface area contributed by atoms with Gasteiger partial charge in [0.1, 0.15) is 23.7 Å². The molecule has 1 aromatic rings. The number of carbonyl (C=O) groups is 1. The second-order valence-electron chi connectivity index (χ2n) is 6.65. The highest BCUT2D eigenvalue weighted by atomic mass is 16.5. The first-order valence-corrected chi connectivity index (χ1v) is 8.43. The van der Waals surface area contributed by atoms with Crippen molar-refractivity contribution in [2.75, 3.05) is 19.7 Å². The molecule has 1 saturated heterocycles. The number of nitrogens with one attached hydrogen (secondary N) is 1. The Morgan fingerprint density at radius 1 is 1.43 bits per heavy atom. The third-order valence-corrected chi connectivity index (χ3v) is 4.90. The summed E-state index contributed by atoms with van der Waals surface area (Å²) < 4.78 is 11.8. The lowest BCUT2D eigenvalue weighted by molar-refractivity contribution is -0.151. The topological polar surface area (TPSA) is 74.9 Å². The van der Waals surface area contributed by atoms with Gasteiger partial charge in [-0.25, -0.2) is 0 Å². The number of furan rings is 1. The van der Waals surface area contributed by atoms with Gasteiger partial charge in [-0.05, 0) is 25.0 Å². The average Bonchev–Trinajstić information content (AvgIpc) is 2.97. The van der Waals surface area contributed by atoms with Crippen LogP contribution in [0.25, 0.3) is 0 Å². The van der Waals surface area contributed by atoms with Crippen LogP contribution in [0.4, 0.5) is 0 Å². The van der Waals surface area contributed by atoms with Crippen molar-refractivity contribution >= 4 is 5.91 Å². The van der Waals surface area contributed by atoms with E-state index in [-0.39, 0.29) is 24.2 Å². The second-order valence-corrected chi connectivity index (χ2v) is 6.65. The van der Waals surface area contributed by atoms with E-state index >= 15 is 0 Å². The van der Waals surface area contributed by atoms with Crippen LogP contribution < -0.4 is 5.32 Å². The fourth-order valence-electron chi connectivity index (χ4n) is 3.85. The molecule has 1 saturated carbocycles. The summed E-state index contributed by atoms with van der Waals surface area (Å²) in [5.74, 6) is 1.46. The largest absolute Gasteiger partial charge is 0.462 e. The van der Waals surface area contributed by atoms with Gasteiger partial charge in [0, 0.05) is 20.0 Å². The zero-order valence-corrected chi connectivity index (χ0v) is 13.7. The van der Waals surface area contributed by atoms with Gasteiger partial charge in [0.15, 0.2) is 0 Å². The van der Waals surface area contributed by atoms with Crippen LogP contribution in [0.3, 0.4) is 0 Å². The molecule has 23 heavy (non-hydrogen) atoms. The third kappa shape index (κ3) is 3.76. The molecule has 6 heteroatoms. The number of rotatable bonds is 4. The first-order valence-electron chi connectivity index (χ1n) is 8.43. The Morgan fingerprint density at radius 2 is 2.26 bits per heavy atom. The molecule has 2 fully saturated rings. The van der Waals surface area contributed by atoms with E-state index in [0.29, 0.717) is 18.9 Å². The van der Waals surface area contributed by atoms with Crippen molar-refractivity contribution in [1.82, 2.24) is 10.2 Å². The lowest BCUT2D eigenvalue weighted by Crippen LogP contribution is -2.63. The van der Waals surface area contributed by atoms with E-state index in [1.807, 2.05) is 12.1 Å². The monoisotopic (exact) mass is 322 g/mol. The minimum absolute atomic E-state index is 0.00983. The molecule has 1 aliphatic heterocycles. The molecule has 0 unspecified atom stereocenters. The van der Waals surface area contributed by atoms with Crippen LogP contribution in [-0.2, 0) is 22.7 Å². The van der Waals surface area contributed by atoms with Crippen LogP contribution in [0.1, 0.15) is 44.1 Å². The van der Waals surface area contributed by atoms with Crippen molar-refractivity contribution in [3.63, 3.8) is 0 Å². The summed E-state index contributed by atoms with van der Waals surface area (Å²) in [4.78, 5) is 13.9. The van der Waals surface area contributed by atoms with E-state index in [2.05, 4.69) is 10.2 Å². The molecule has 0 radical (unpaired) electrons. The summed E-state index contributed by atoms with van der Waals surface area (Å²) in [6.07, 6.45) is 4.23. The Kier molecular flexibility index (Phi) is 5.04. The quantitative estimate of drug-likeness (QED) is 0.877. The van der Waals surface area contributed by atoms with Crippen LogP contribution in [0, 0.1) is 0 Å². The number of morpholine rings is 1. The van der Waals surface area contributed by atoms with E-state index in [1.165, 1.54) is 0 Å². The highest BCUT2D eigenvalue weighted by Crippen LogP contribution is 2.35. The van der Waals surface area contributed by atoms with Gasteiger partial charge in [-0.3, -0.25) is 9.69 Å². The first-order chi connectivity index (χ1) is 11.1. The predicted molar refractivity (Wildman–Crippen MR) is 84.7 cm³/mol. The van der Waals surface area contributed by atoms with E-state index < -0.39 is 0 Å². The predicted octanol–water partition coefficient (Wildman–Crippen LogP) is 1.42. The maximum Gasteiger partial charge on any atom is 0.217 e. The Balaban J connectivity index is 1.69. The fourth-order valence-corrected chi connectivity index (χ4v) is 3.85.